The largest absolute Gasteiger partial charge is 0.505 e. The number of H-pyrrole nitrogens is 1. The molecule has 0 unspecified atom stereocenters. The molecule has 0 saturated carbocycles. The first-order valence-electron chi connectivity index (χ1n) is 8.38. The fourth-order valence-corrected chi connectivity index (χ4v) is 3.36. The third-order valence-electron chi connectivity index (χ3n) is 4.35. The van der Waals surface area contributed by atoms with Crippen LogP contribution in [-0.2, 0) is 0 Å². The molecule has 0 fully saturated rings. The molecule has 4 nitrogen and oxygen atoms in total. The number of hydrogen-bond donors (Lipinski definition) is 2. The first-order chi connectivity index (χ1) is 13.1. The van der Waals surface area contributed by atoms with Crippen molar-refractivity contribution in [3.8, 4) is 5.75 Å². The first kappa shape index (κ1) is 17.2. The first-order valence-corrected chi connectivity index (χ1v) is 8.76. The Morgan fingerprint density at radius 1 is 1.07 bits per heavy atom. The molecular formula is C21H16ClFN3O+. The molecule has 0 spiro atoms. The van der Waals surface area contributed by atoms with Crippen molar-refractivity contribution in [3.63, 3.8) is 0 Å². The molecule has 0 saturated heterocycles. The number of anilines is 1. The third-order valence-corrected chi connectivity index (χ3v) is 4.66. The Morgan fingerprint density at radius 2 is 1.96 bits per heavy atom. The molecule has 4 aromatic rings. The van der Waals surface area contributed by atoms with Crippen molar-refractivity contribution in [2.24, 2.45) is 0 Å². The maximum Gasteiger partial charge on any atom is 0.272 e. The van der Waals surface area contributed by atoms with E-state index >= 15 is 0 Å². The minimum atomic E-state index is -0.539. The van der Waals surface area contributed by atoms with Gasteiger partial charge in [-0.25, -0.2) is 9.37 Å². The Hall–Kier alpha value is -3.18. The van der Waals surface area contributed by atoms with Gasteiger partial charge in [0.2, 0.25) is 0 Å². The average molecular weight is 381 g/mol. The summed E-state index contributed by atoms with van der Waals surface area (Å²) in [7, 11) is 0. The van der Waals surface area contributed by atoms with Crippen molar-refractivity contribution < 1.29 is 14.5 Å². The summed E-state index contributed by atoms with van der Waals surface area (Å²) in [6.07, 6.45) is 3.37. The van der Waals surface area contributed by atoms with E-state index in [9.17, 15) is 9.50 Å². The second-order valence-corrected chi connectivity index (χ2v) is 6.51. The summed E-state index contributed by atoms with van der Waals surface area (Å²) >= 11 is 6.44. The molecule has 3 N–H and O–H groups in total. The number of aromatic amines is 1. The van der Waals surface area contributed by atoms with Gasteiger partial charge in [-0.05, 0) is 36.4 Å². The fraction of sp³-hybridized carbons (Fsp3) is 0.0476. The van der Waals surface area contributed by atoms with Crippen LogP contribution in [0.2, 0.25) is 5.02 Å². The quantitative estimate of drug-likeness (QED) is 0.537. The monoisotopic (exact) mass is 380 g/mol. The molecular weight excluding hydrogens is 365 g/mol. The maximum absolute atomic E-state index is 13.9. The van der Waals surface area contributed by atoms with Crippen LogP contribution in [0.5, 0.6) is 5.75 Å². The van der Waals surface area contributed by atoms with Gasteiger partial charge in [-0.2, -0.15) is 0 Å². The second-order valence-electron chi connectivity index (χ2n) is 6.10. The number of hydrogen-bond acceptors (Lipinski definition) is 3. The van der Waals surface area contributed by atoms with Crippen molar-refractivity contribution in [1.82, 2.24) is 4.98 Å². The number of pyridine rings is 2. The summed E-state index contributed by atoms with van der Waals surface area (Å²) in [4.78, 5) is 7.35. The van der Waals surface area contributed by atoms with Crippen LogP contribution >= 0.6 is 11.6 Å². The van der Waals surface area contributed by atoms with Crippen LogP contribution in [0.1, 0.15) is 17.2 Å². The van der Waals surface area contributed by atoms with Crippen LogP contribution in [0.3, 0.4) is 0 Å². The Morgan fingerprint density at radius 3 is 2.74 bits per heavy atom. The molecule has 0 aliphatic rings. The number of nitrogens with one attached hydrogen (secondary N) is 2. The number of fused-ring (bicyclic) bond motifs is 1. The zero-order chi connectivity index (χ0) is 18.8. The summed E-state index contributed by atoms with van der Waals surface area (Å²) in [5.74, 6) is 0.358. The zero-order valence-corrected chi connectivity index (χ0v) is 14.9. The molecule has 134 valence electrons. The van der Waals surface area contributed by atoms with Crippen LogP contribution in [0.25, 0.3) is 10.9 Å². The fourth-order valence-electron chi connectivity index (χ4n) is 3.09. The van der Waals surface area contributed by atoms with Gasteiger partial charge in [0.15, 0.2) is 0 Å². The van der Waals surface area contributed by atoms with E-state index in [1.165, 1.54) is 12.1 Å². The van der Waals surface area contributed by atoms with Crippen molar-refractivity contribution in [1.29, 1.82) is 0 Å². The predicted molar refractivity (Wildman–Crippen MR) is 103 cm³/mol. The minimum Gasteiger partial charge on any atom is -0.505 e. The van der Waals surface area contributed by atoms with Crippen molar-refractivity contribution in [2.75, 3.05) is 5.32 Å². The number of benzene rings is 2. The molecule has 0 bridgehead atoms. The molecule has 0 aliphatic heterocycles. The number of nitrogens with zero attached hydrogens (tertiary/aromatic N) is 1. The lowest BCUT2D eigenvalue weighted by atomic mass is 9.96. The second kappa shape index (κ2) is 7.21. The molecule has 0 amide bonds. The summed E-state index contributed by atoms with van der Waals surface area (Å²) in [5, 5.41) is 15.3. The van der Waals surface area contributed by atoms with Gasteiger partial charge in [0.1, 0.15) is 23.1 Å². The Labute approximate surface area is 160 Å². The molecule has 6 heteroatoms. The van der Waals surface area contributed by atoms with E-state index in [2.05, 4.69) is 15.3 Å². The van der Waals surface area contributed by atoms with Crippen LogP contribution < -0.4 is 10.3 Å². The summed E-state index contributed by atoms with van der Waals surface area (Å²) in [6.45, 7) is 0. The Kier molecular flexibility index (Phi) is 4.60. The number of phenolic OH excluding ortho intramolecular Hbond substituents is 1. The molecule has 2 aromatic carbocycles. The van der Waals surface area contributed by atoms with E-state index in [-0.39, 0.29) is 11.6 Å². The Bertz CT molecular complexity index is 1110. The SMILES string of the molecule is Oc1c([C@@H](Nc2cccc[nH+]2)c2cccc(F)c2)cc(Cl)c2cccnc12. The summed E-state index contributed by atoms with van der Waals surface area (Å²) in [6, 6.07) is 16.5. The van der Waals surface area contributed by atoms with Crippen molar-refractivity contribution in [2.45, 2.75) is 6.04 Å². The number of halogens is 2. The average Bonchev–Trinajstić information content (AvgIpc) is 2.70. The lowest BCUT2D eigenvalue weighted by Crippen LogP contribution is -2.19. The van der Waals surface area contributed by atoms with E-state index in [4.69, 9.17) is 11.6 Å². The zero-order valence-electron chi connectivity index (χ0n) is 14.2. The van der Waals surface area contributed by atoms with Crippen molar-refractivity contribution in [3.05, 3.63) is 95.0 Å². The van der Waals surface area contributed by atoms with E-state index in [1.807, 2.05) is 18.2 Å². The van der Waals surface area contributed by atoms with E-state index in [1.54, 1.807) is 42.7 Å². The maximum atomic E-state index is 13.9. The van der Waals surface area contributed by atoms with E-state index in [0.717, 1.165) is 0 Å². The number of rotatable bonds is 4. The van der Waals surface area contributed by atoms with Gasteiger partial charge < -0.3 is 5.11 Å². The highest BCUT2D eigenvalue weighted by molar-refractivity contribution is 6.35. The third kappa shape index (κ3) is 3.41. The number of aromatic nitrogens is 2. The van der Waals surface area contributed by atoms with Crippen molar-refractivity contribution >= 4 is 28.3 Å². The van der Waals surface area contributed by atoms with Gasteiger partial charge in [0, 0.05) is 28.8 Å². The van der Waals surface area contributed by atoms with Gasteiger partial charge in [-0.15, -0.1) is 0 Å². The smallest absolute Gasteiger partial charge is 0.272 e. The number of phenols is 1. The van der Waals surface area contributed by atoms with Crippen LogP contribution in [-0.4, -0.2) is 10.1 Å². The van der Waals surface area contributed by atoms with Gasteiger partial charge in [0.25, 0.3) is 5.82 Å². The van der Waals surface area contributed by atoms with E-state index in [0.29, 0.717) is 32.9 Å². The normalized spacial score (nSPS) is 12.1. The van der Waals surface area contributed by atoms with Gasteiger partial charge in [-0.1, -0.05) is 29.8 Å². The molecule has 4 rings (SSSR count). The summed E-state index contributed by atoms with van der Waals surface area (Å²) < 4.78 is 13.9. The summed E-state index contributed by atoms with van der Waals surface area (Å²) in [5.41, 5.74) is 1.56. The topological polar surface area (TPSA) is 59.3 Å². The van der Waals surface area contributed by atoms with Gasteiger partial charge in [-0.3, -0.25) is 10.3 Å². The molecule has 2 heterocycles. The highest BCUT2D eigenvalue weighted by Gasteiger charge is 2.25. The standard InChI is InChI=1S/C21H15ClFN3O/c22-17-12-16(21(27)20-15(17)7-4-10-25-20)19(13-5-3-6-14(23)11-13)26-18-8-1-2-9-24-18/h1-12,19,27H,(H,24,26)/p+1/t19-/m0/s1. The molecule has 1 atom stereocenters. The Balaban J connectivity index is 1.91. The highest BCUT2D eigenvalue weighted by atomic mass is 35.5. The molecule has 27 heavy (non-hydrogen) atoms. The number of aromatic hydroxyl groups is 1. The van der Waals surface area contributed by atoms with Gasteiger partial charge in [0.05, 0.1) is 11.2 Å². The predicted octanol–water partition coefficient (Wildman–Crippen LogP) is 4.75. The van der Waals surface area contributed by atoms with Crippen LogP contribution in [0, 0.1) is 5.82 Å². The molecule has 0 radical (unpaired) electrons. The van der Waals surface area contributed by atoms with E-state index < -0.39 is 6.04 Å². The lowest BCUT2D eigenvalue weighted by molar-refractivity contribution is -0.361. The van der Waals surface area contributed by atoms with Crippen LogP contribution in [0.4, 0.5) is 10.2 Å². The minimum absolute atomic E-state index is 0.00712. The van der Waals surface area contributed by atoms with Gasteiger partial charge >= 0.3 is 0 Å². The molecule has 0 aliphatic carbocycles. The highest BCUT2D eigenvalue weighted by Crippen LogP contribution is 2.39. The van der Waals surface area contributed by atoms with Crippen LogP contribution in [0.15, 0.2) is 73.1 Å². The molecule has 2 aromatic heterocycles. The lowest BCUT2D eigenvalue weighted by Gasteiger charge is -2.18.